The van der Waals surface area contributed by atoms with E-state index in [-0.39, 0.29) is 23.9 Å². The lowest BCUT2D eigenvalue weighted by molar-refractivity contribution is -0.120. The van der Waals surface area contributed by atoms with Gasteiger partial charge in [0.15, 0.2) is 11.5 Å². The van der Waals surface area contributed by atoms with E-state index in [9.17, 15) is 14.4 Å². The Morgan fingerprint density at radius 2 is 2.12 bits per heavy atom. The molecule has 8 heteroatoms. The van der Waals surface area contributed by atoms with Crippen LogP contribution in [0.1, 0.15) is 36.2 Å². The molecule has 0 fully saturated rings. The molecule has 0 saturated carbocycles. The zero-order chi connectivity index (χ0) is 19.1. The molecule has 1 unspecified atom stereocenters. The van der Waals surface area contributed by atoms with Crippen molar-refractivity contribution in [2.45, 2.75) is 32.2 Å². The number of ketones is 1. The molecule has 2 rings (SSSR count). The average molecular weight is 359 g/mol. The molecule has 1 amide bonds. The minimum atomic E-state index is -0.636. The standard InChI is InChI=1S/C18H25N5O3/c1-21-13-3-5-16-15(10-13)17(18(20)26)22-23(16)11-14(25)4-2-12(6-8-19)7-9-24/h3,5,9-10,12,21H,2,4,6-8,11,19H2,1H3,(H2,20,26). The van der Waals surface area contributed by atoms with Gasteiger partial charge in [-0.15, -0.1) is 0 Å². The fourth-order valence-electron chi connectivity index (χ4n) is 3.00. The van der Waals surface area contributed by atoms with Crippen molar-refractivity contribution >= 4 is 34.6 Å². The molecule has 0 bridgehead atoms. The first-order chi connectivity index (χ1) is 12.5. The van der Waals surface area contributed by atoms with E-state index in [1.165, 1.54) is 4.68 Å². The lowest BCUT2D eigenvalue weighted by Gasteiger charge is -2.12. The Morgan fingerprint density at radius 3 is 2.73 bits per heavy atom. The molecule has 1 atom stereocenters. The van der Waals surface area contributed by atoms with Crippen LogP contribution in [-0.2, 0) is 16.1 Å². The number of amides is 1. The third-order valence-electron chi connectivity index (χ3n) is 4.43. The molecule has 0 saturated heterocycles. The van der Waals surface area contributed by atoms with Gasteiger partial charge in [-0.25, -0.2) is 0 Å². The number of hydrogen-bond acceptors (Lipinski definition) is 6. The van der Waals surface area contributed by atoms with Gasteiger partial charge in [-0.3, -0.25) is 14.3 Å². The van der Waals surface area contributed by atoms with Gasteiger partial charge in [0.2, 0.25) is 0 Å². The fourth-order valence-corrected chi connectivity index (χ4v) is 3.00. The highest BCUT2D eigenvalue weighted by Gasteiger charge is 2.18. The summed E-state index contributed by atoms with van der Waals surface area (Å²) in [5.41, 5.74) is 12.6. The van der Waals surface area contributed by atoms with Gasteiger partial charge in [-0.2, -0.15) is 5.10 Å². The van der Waals surface area contributed by atoms with Crippen molar-refractivity contribution in [2.75, 3.05) is 18.9 Å². The number of aldehydes is 1. The second kappa shape index (κ2) is 9.10. The smallest absolute Gasteiger partial charge is 0.269 e. The first-order valence-corrected chi connectivity index (χ1v) is 8.63. The maximum absolute atomic E-state index is 12.4. The van der Waals surface area contributed by atoms with Crippen molar-refractivity contribution in [3.63, 3.8) is 0 Å². The van der Waals surface area contributed by atoms with Crippen LogP contribution in [-0.4, -0.2) is 41.3 Å². The number of rotatable bonds is 11. The number of hydrogen-bond donors (Lipinski definition) is 3. The van der Waals surface area contributed by atoms with E-state index in [2.05, 4.69) is 10.4 Å². The zero-order valence-electron chi connectivity index (χ0n) is 14.9. The van der Waals surface area contributed by atoms with Crippen molar-refractivity contribution in [1.82, 2.24) is 9.78 Å². The van der Waals surface area contributed by atoms with E-state index in [0.29, 0.717) is 36.7 Å². The predicted octanol–water partition coefficient (Wildman–Crippen LogP) is 1.08. The molecule has 26 heavy (non-hydrogen) atoms. The summed E-state index contributed by atoms with van der Waals surface area (Å²) < 4.78 is 1.51. The van der Waals surface area contributed by atoms with E-state index in [1.807, 2.05) is 6.07 Å². The zero-order valence-corrected chi connectivity index (χ0v) is 14.9. The second-order valence-corrected chi connectivity index (χ2v) is 6.28. The highest BCUT2D eigenvalue weighted by Crippen LogP contribution is 2.23. The Labute approximate surface area is 151 Å². The van der Waals surface area contributed by atoms with Crippen molar-refractivity contribution in [2.24, 2.45) is 17.4 Å². The molecule has 1 heterocycles. The van der Waals surface area contributed by atoms with Crippen LogP contribution in [0.4, 0.5) is 5.69 Å². The van der Waals surface area contributed by atoms with Gasteiger partial charge in [0, 0.05) is 31.0 Å². The molecule has 0 spiro atoms. The largest absolute Gasteiger partial charge is 0.388 e. The van der Waals surface area contributed by atoms with Crippen molar-refractivity contribution in [1.29, 1.82) is 0 Å². The predicted molar refractivity (Wildman–Crippen MR) is 99.9 cm³/mol. The summed E-state index contributed by atoms with van der Waals surface area (Å²) in [5.74, 6) is -0.533. The van der Waals surface area contributed by atoms with Crippen LogP contribution in [0.2, 0.25) is 0 Å². The lowest BCUT2D eigenvalue weighted by Crippen LogP contribution is -2.16. The van der Waals surface area contributed by atoms with Crippen molar-refractivity contribution < 1.29 is 14.4 Å². The first kappa shape index (κ1) is 19.6. The van der Waals surface area contributed by atoms with Crippen LogP contribution in [0.5, 0.6) is 0 Å². The molecule has 140 valence electrons. The Morgan fingerprint density at radius 1 is 1.35 bits per heavy atom. The molecule has 1 aromatic heterocycles. The Balaban J connectivity index is 2.15. The third kappa shape index (κ3) is 4.66. The summed E-state index contributed by atoms with van der Waals surface area (Å²) in [6.07, 6.45) is 2.94. The van der Waals surface area contributed by atoms with Crippen molar-refractivity contribution in [3.05, 3.63) is 23.9 Å². The third-order valence-corrected chi connectivity index (χ3v) is 4.43. The van der Waals surface area contributed by atoms with E-state index in [1.54, 1.807) is 19.2 Å². The van der Waals surface area contributed by atoms with Crippen LogP contribution in [0, 0.1) is 5.92 Å². The number of Topliss-reactive ketones (excluding diaryl/α,β-unsaturated/α-hetero) is 1. The molecular formula is C18H25N5O3. The topological polar surface area (TPSA) is 133 Å². The first-order valence-electron chi connectivity index (χ1n) is 8.63. The van der Waals surface area contributed by atoms with Gasteiger partial charge in [0.05, 0.1) is 5.52 Å². The van der Waals surface area contributed by atoms with Crippen LogP contribution >= 0.6 is 0 Å². The molecule has 0 aliphatic carbocycles. The van der Waals surface area contributed by atoms with E-state index >= 15 is 0 Å². The monoisotopic (exact) mass is 359 g/mol. The van der Waals surface area contributed by atoms with Crippen molar-refractivity contribution in [3.8, 4) is 0 Å². The van der Waals surface area contributed by atoms with Crippen LogP contribution in [0.25, 0.3) is 10.9 Å². The summed E-state index contributed by atoms with van der Waals surface area (Å²) >= 11 is 0. The molecule has 0 radical (unpaired) electrons. The lowest BCUT2D eigenvalue weighted by atomic mass is 9.95. The molecular weight excluding hydrogens is 334 g/mol. The Kier molecular flexibility index (Phi) is 6.85. The van der Waals surface area contributed by atoms with Gasteiger partial charge in [-0.05, 0) is 43.5 Å². The maximum atomic E-state index is 12.4. The number of nitrogens with two attached hydrogens (primary N) is 2. The summed E-state index contributed by atoms with van der Waals surface area (Å²) in [6, 6.07) is 5.43. The summed E-state index contributed by atoms with van der Waals surface area (Å²) in [6.45, 7) is 0.547. The Hall–Kier alpha value is -2.74. The minimum Gasteiger partial charge on any atom is -0.388 e. The van der Waals surface area contributed by atoms with Gasteiger partial charge >= 0.3 is 0 Å². The van der Waals surface area contributed by atoms with E-state index in [0.717, 1.165) is 18.4 Å². The number of benzene rings is 1. The minimum absolute atomic E-state index is 0.0176. The molecule has 2 aromatic rings. The highest BCUT2D eigenvalue weighted by atomic mass is 16.1. The molecule has 0 aliphatic heterocycles. The SMILES string of the molecule is CNc1ccc2c(c1)c(C(N)=O)nn2CC(=O)CCC(CC=O)CCN. The number of aromatic nitrogens is 2. The number of fused-ring (bicyclic) bond motifs is 1. The number of anilines is 1. The highest BCUT2D eigenvalue weighted by molar-refractivity contribution is 6.05. The van der Waals surface area contributed by atoms with Crippen LogP contribution in [0.15, 0.2) is 18.2 Å². The number of nitrogens with one attached hydrogen (secondary N) is 1. The molecule has 0 aliphatic rings. The molecule has 1 aromatic carbocycles. The molecule has 8 nitrogen and oxygen atoms in total. The second-order valence-electron chi connectivity index (χ2n) is 6.28. The summed E-state index contributed by atoms with van der Waals surface area (Å²) in [4.78, 5) is 34.7. The normalized spacial score (nSPS) is 12.1. The number of nitrogens with zero attached hydrogens (tertiary/aromatic N) is 2. The Bertz CT molecular complexity index is 799. The fraction of sp³-hybridized carbons (Fsp3) is 0.444. The molecule has 5 N–H and O–H groups in total. The number of carbonyl (C=O) groups excluding carboxylic acids is 3. The van der Waals surface area contributed by atoms with Gasteiger partial charge < -0.3 is 21.6 Å². The number of primary amides is 1. The van der Waals surface area contributed by atoms with Gasteiger partial charge in [-0.1, -0.05) is 0 Å². The van der Waals surface area contributed by atoms with E-state index in [4.69, 9.17) is 11.5 Å². The van der Waals surface area contributed by atoms with Gasteiger partial charge in [0.25, 0.3) is 5.91 Å². The average Bonchev–Trinajstić information content (AvgIpc) is 2.98. The summed E-state index contributed by atoms with van der Waals surface area (Å²) in [7, 11) is 1.77. The maximum Gasteiger partial charge on any atom is 0.269 e. The van der Waals surface area contributed by atoms with E-state index < -0.39 is 5.91 Å². The van der Waals surface area contributed by atoms with Crippen LogP contribution < -0.4 is 16.8 Å². The van der Waals surface area contributed by atoms with Crippen LogP contribution in [0.3, 0.4) is 0 Å². The number of carbonyl (C=O) groups is 3. The van der Waals surface area contributed by atoms with Gasteiger partial charge in [0.1, 0.15) is 12.8 Å². The summed E-state index contributed by atoms with van der Waals surface area (Å²) in [5, 5.41) is 7.83. The quantitative estimate of drug-likeness (QED) is 0.514.